The van der Waals surface area contributed by atoms with Crippen molar-refractivity contribution in [3.05, 3.63) is 59.2 Å². The molecule has 0 saturated heterocycles. The van der Waals surface area contributed by atoms with E-state index in [4.69, 9.17) is 0 Å². The number of carboxylic acid groups (broad SMARTS) is 1. The van der Waals surface area contributed by atoms with E-state index in [1.807, 2.05) is 13.0 Å². The zero-order chi connectivity index (χ0) is 14.7. The Morgan fingerprint density at radius 2 is 1.75 bits per heavy atom. The molecule has 0 unspecified atom stereocenters. The number of carboxylic acids is 1. The van der Waals surface area contributed by atoms with Gasteiger partial charge < -0.3 is 15.3 Å². The molecule has 0 bridgehead atoms. The minimum atomic E-state index is -0.962. The minimum absolute atomic E-state index is 0.0936. The molecule has 0 aliphatic rings. The Balaban J connectivity index is 2.30. The van der Waals surface area contributed by atoms with E-state index in [0.717, 1.165) is 5.56 Å². The molecule has 2 aromatic rings. The van der Waals surface area contributed by atoms with Gasteiger partial charge in [0, 0.05) is 0 Å². The second kappa shape index (κ2) is 5.65. The van der Waals surface area contributed by atoms with Crippen molar-refractivity contribution in [2.45, 2.75) is 19.3 Å². The van der Waals surface area contributed by atoms with Crippen LogP contribution >= 0.6 is 0 Å². The molecule has 0 aliphatic heterocycles. The van der Waals surface area contributed by atoms with Crippen LogP contribution in [0.5, 0.6) is 11.5 Å². The van der Waals surface area contributed by atoms with Crippen molar-refractivity contribution in [1.82, 2.24) is 0 Å². The lowest BCUT2D eigenvalue weighted by atomic mass is 9.91. The number of hydrogen-bond acceptors (Lipinski definition) is 3. The van der Waals surface area contributed by atoms with Gasteiger partial charge in [0.05, 0.1) is 5.92 Å². The Labute approximate surface area is 116 Å². The van der Waals surface area contributed by atoms with Crippen molar-refractivity contribution < 1.29 is 20.1 Å². The van der Waals surface area contributed by atoms with Crippen LogP contribution in [0.15, 0.2) is 42.5 Å². The van der Waals surface area contributed by atoms with E-state index in [2.05, 4.69) is 0 Å². The zero-order valence-electron chi connectivity index (χ0n) is 11.1. The van der Waals surface area contributed by atoms with Gasteiger partial charge in [-0.1, -0.05) is 24.3 Å². The van der Waals surface area contributed by atoms with Gasteiger partial charge in [-0.05, 0) is 48.2 Å². The number of aryl methyl sites for hydroxylation is 1. The third-order valence-electron chi connectivity index (χ3n) is 3.26. The van der Waals surface area contributed by atoms with E-state index < -0.39 is 11.9 Å². The van der Waals surface area contributed by atoms with Gasteiger partial charge in [0.2, 0.25) is 0 Å². The number of aliphatic carboxylic acids is 1. The number of carbonyl (C=O) groups is 1. The van der Waals surface area contributed by atoms with Gasteiger partial charge in [-0.15, -0.1) is 0 Å². The van der Waals surface area contributed by atoms with E-state index in [0.29, 0.717) is 11.1 Å². The van der Waals surface area contributed by atoms with Crippen molar-refractivity contribution in [2.75, 3.05) is 0 Å². The summed E-state index contributed by atoms with van der Waals surface area (Å²) in [6.45, 7) is 1.86. The summed E-state index contributed by atoms with van der Waals surface area (Å²) in [5.41, 5.74) is 2.11. The fraction of sp³-hybridized carbons (Fsp3) is 0.188. The highest BCUT2D eigenvalue weighted by atomic mass is 16.4. The highest BCUT2D eigenvalue weighted by Crippen LogP contribution is 2.28. The first-order valence-corrected chi connectivity index (χ1v) is 6.27. The predicted octanol–water partition coefficient (Wildman–Crippen LogP) is 2.82. The molecule has 0 heterocycles. The van der Waals surface area contributed by atoms with Crippen LogP contribution in [0.25, 0.3) is 0 Å². The highest BCUT2D eigenvalue weighted by molar-refractivity contribution is 5.76. The first-order chi connectivity index (χ1) is 9.47. The maximum absolute atomic E-state index is 11.4. The summed E-state index contributed by atoms with van der Waals surface area (Å²) in [4.78, 5) is 11.4. The van der Waals surface area contributed by atoms with Crippen LogP contribution < -0.4 is 0 Å². The van der Waals surface area contributed by atoms with E-state index in [-0.39, 0.29) is 17.9 Å². The first-order valence-electron chi connectivity index (χ1n) is 6.27. The van der Waals surface area contributed by atoms with Crippen LogP contribution in [0.4, 0.5) is 0 Å². The van der Waals surface area contributed by atoms with Crippen molar-refractivity contribution >= 4 is 5.97 Å². The molecule has 0 aromatic heterocycles. The van der Waals surface area contributed by atoms with Gasteiger partial charge >= 0.3 is 5.97 Å². The van der Waals surface area contributed by atoms with Gasteiger partial charge in [0.15, 0.2) is 0 Å². The fourth-order valence-electron chi connectivity index (χ4n) is 2.12. The summed E-state index contributed by atoms with van der Waals surface area (Å²) in [6.07, 6.45) is 0.201. The first kappa shape index (κ1) is 13.9. The lowest BCUT2D eigenvalue weighted by Gasteiger charge is -2.14. The SMILES string of the molecule is Cc1ccc(C[C@H](C(=O)O)c2ccc(O)cc2)c(O)c1. The quantitative estimate of drug-likeness (QED) is 0.799. The monoisotopic (exact) mass is 272 g/mol. The number of hydrogen-bond donors (Lipinski definition) is 3. The molecule has 0 aliphatic carbocycles. The van der Waals surface area contributed by atoms with Crippen molar-refractivity contribution in [2.24, 2.45) is 0 Å². The van der Waals surface area contributed by atoms with Crippen LogP contribution in [0.3, 0.4) is 0 Å². The highest BCUT2D eigenvalue weighted by Gasteiger charge is 2.21. The van der Waals surface area contributed by atoms with Crippen molar-refractivity contribution in [1.29, 1.82) is 0 Å². The van der Waals surface area contributed by atoms with E-state index in [9.17, 15) is 20.1 Å². The standard InChI is InChI=1S/C16H16O4/c1-10-2-3-12(15(18)8-10)9-14(16(19)20)11-4-6-13(17)7-5-11/h2-8,14,17-18H,9H2,1H3,(H,19,20)/t14-/m0/s1. The zero-order valence-corrected chi connectivity index (χ0v) is 11.1. The second-order valence-electron chi connectivity index (χ2n) is 4.82. The number of phenolic OH excluding ortho intramolecular Hbond substituents is 2. The van der Waals surface area contributed by atoms with E-state index in [1.54, 1.807) is 24.3 Å². The Bertz CT molecular complexity index is 617. The Morgan fingerprint density at radius 1 is 1.10 bits per heavy atom. The molecule has 20 heavy (non-hydrogen) atoms. The second-order valence-corrected chi connectivity index (χ2v) is 4.82. The Hall–Kier alpha value is -2.49. The lowest BCUT2D eigenvalue weighted by Crippen LogP contribution is -2.14. The molecule has 2 rings (SSSR count). The summed E-state index contributed by atoms with van der Waals surface area (Å²) in [7, 11) is 0. The molecule has 0 spiro atoms. The molecule has 3 N–H and O–H groups in total. The minimum Gasteiger partial charge on any atom is -0.508 e. The fourth-order valence-corrected chi connectivity index (χ4v) is 2.12. The van der Waals surface area contributed by atoms with Crippen LogP contribution in [-0.2, 0) is 11.2 Å². The summed E-state index contributed by atoms with van der Waals surface area (Å²) in [5, 5.41) is 28.5. The largest absolute Gasteiger partial charge is 0.508 e. The lowest BCUT2D eigenvalue weighted by molar-refractivity contribution is -0.138. The van der Waals surface area contributed by atoms with Crippen LogP contribution in [0, 0.1) is 6.92 Å². The molecule has 0 amide bonds. The normalized spacial score (nSPS) is 12.1. The molecule has 0 radical (unpaired) electrons. The average molecular weight is 272 g/mol. The van der Waals surface area contributed by atoms with E-state index in [1.165, 1.54) is 12.1 Å². The molecule has 1 atom stereocenters. The van der Waals surface area contributed by atoms with Crippen LogP contribution in [0.2, 0.25) is 0 Å². The summed E-state index contributed by atoms with van der Waals surface area (Å²) in [6, 6.07) is 11.3. The number of phenols is 2. The molecule has 0 saturated carbocycles. The third kappa shape index (κ3) is 3.09. The van der Waals surface area contributed by atoms with Gasteiger partial charge in [-0.25, -0.2) is 0 Å². The Kier molecular flexibility index (Phi) is 3.94. The average Bonchev–Trinajstić information content (AvgIpc) is 2.39. The summed E-state index contributed by atoms with van der Waals surface area (Å²) >= 11 is 0. The van der Waals surface area contributed by atoms with Gasteiger partial charge in [-0.2, -0.15) is 0 Å². The Morgan fingerprint density at radius 3 is 2.30 bits per heavy atom. The topological polar surface area (TPSA) is 77.8 Å². The number of aromatic hydroxyl groups is 2. The molecule has 4 heteroatoms. The van der Waals surface area contributed by atoms with Gasteiger partial charge in [0.25, 0.3) is 0 Å². The summed E-state index contributed by atoms with van der Waals surface area (Å²) in [5.74, 6) is -1.52. The molecule has 0 fully saturated rings. The maximum atomic E-state index is 11.4. The van der Waals surface area contributed by atoms with Gasteiger partial charge in [0.1, 0.15) is 11.5 Å². The molecular weight excluding hydrogens is 256 g/mol. The molecular formula is C16H16O4. The smallest absolute Gasteiger partial charge is 0.311 e. The van der Waals surface area contributed by atoms with Crippen LogP contribution in [-0.4, -0.2) is 21.3 Å². The molecule has 2 aromatic carbocycles. The number of benzene rings is 2. The summed E-state index contributed by atoms with van der Waals surface area (Å²) < 4.78 is 0. The predicted molar refractivity (Wildman–Crippen MR) is 75.0 cm³/mol. The van der Waals surface area contributed by atoms with Crippen LogP contribution in [0.1, 0.15) is 22.6 Å². The number of rotatable bonds is 4. The maximum Gasteiger partial charge on any atom is 0.311 e. The van der Waals surface area contributed by atoms with Gasteiger partial charge in [-0.3, -0.25) is 4.79 Å². The van der Waals surface area contributed by atoms with Crippen molar-refractivity contribution in [3.8, 4) is 11.5 Å². The molecule has 4 nitrogen and oxygen atoms in total. The molecule has 104 valence electrons. The van der Waals surface area contributed by atoms with Crippen molar-refractivity contribution in [3.63, 3.8) is 0 Å². The van der Waals surface area contributed by atoms with E-state index >= 15 is 0 Å². The third-order valence-corrected chi connectivity index (χ3v) is 3.26.